The predicted octanol–water partition coefficient (Wildman–Crippen LogP) is 9.09. The molecule has 3 aliphatic heterocycles. The predicted molar refractivity (Wildman–Crippen MR) is 295 cm³/mol. The monoisotopic (exact) mass is 1080 g/mol. The van der Waals surface area contributed by atoms with Crippen molar-refractivity contribution in [3.63, 3.8) is 0 Å². The summed E-state index contributed by atoms with van der Waals surface area (Å²) in [6.07, 6.45) is 9.56. The third kappa shape index (κ3) is 15.2. The summed E-state index contributed by atoms with van der Waals surface area (Å²) >= 11 is 0. The molecule has 0 bridgehead atoms. The molecule has 2 saturated heterocycles. The molecule has 422 valence electrons. The summed E-state index contributed by atoms with van der Waals surface area (Å²) < 4.78 is 29.3. The van der Waals surface area contributed by atoms with Crippen LogP contribution >= 0.6 is 0 Å². The number of fused-ring (bicyclic) bond motifs is 1. The van der Waals surface area contributed by atoms with Gasteiger partial charge in [-0.25, -0.2) is 4.79 Å². The molecule has 4 atom stereocenters. The van der Waals surface area contributed by atoms with Crippen molar-refractivity contribution in [2.45, 2.75) is 155 Å². The quantitative estimate of drug-likeness (QED) is 0.0309. The molecule has 3 heterocycles. The first-order valence-corrected chi connectivity index (χ1v) is 27.9. The number of ketones is 1. The molecule has 0 aromatic heterocycles. The van der Waals surface area contributed by atoms with Crippen LogP contribution in [0.5, 0.6) is 23.0 Å². The maximum absolute atomic E-state index is 14.5. The van der Waals surface area contributed by atoms with Gasteiger partial charge in [-0.15, -0.1) is 0 Å². The number of methoxy groups -OCH3 is 2. The Morgan fingerprint density at radius 1 is 0.734 bits per heavy atom. The van der Waals surface area contributed by atoms with E-state index in [9.17, 15) is 38.4 Å². The Bertz CT molecular complexity index is 2880. The van der Waals surface area contributed by atoms with Gasteiger partial charge in [0.25, 0.3) is 17.7 Å². The van der Waals surface area contributed by atoms with Gasteiger partial charge in [0, 0.05) is 25.9 Å². The maximum Gasteiger partial charge on any atom is 0.329 e. The summed E-state index contributed by atoms with van der Waals surface area (Å²) in [5, 5.41) is 5.12. The highest BCUT2D eigenvalue weighted by atomic mass is 16.5. The Balaban J connectivity index is 0.834. The third-order valence-electron chi connectivity index (χ3n) is 15.3. The molecule has 1 unspecified atom stereocenters. The number of Topliss-reactive ketones (excluding diaryl/α,β-unsaturated/α-hetero) is 1. The van der Waals surface area contributed by atoms with Crippen molar-refractivity contribution in [3.05, 3.63) is 117 Å². The van der Waals surface area contributed by atoms with E-state index in [1.165, 1.54) is 23.3 Å². The lowest BCUT2D eigenvalue weighted by Crippen LogP contribution is -2.54. The van der Waals surface area contributed by atoms with Gasteiger partial charge in [-0.3, -0.25) is 43.8 Å². The van der Waals surface area contributed by atoms with Gasteiger partial charge in [0.1, 0.15) is 36.3 Å². The average molecular weight is 1090 g/mol. The number of carbonyl (C=O) groups is 8. The van der Waals surface area contributed by atoms with Crippen molar-refractivity contribution in [3.8, 4) is 23.0 Å². The highest BCUT2D eigenvalue weighted by Crippen LogP contribution is 2.38. The van der Waals surface area contributed by atoms with Crippen LogP contribution in [0.25, 0.3) is 0 Å². The fraction of sp³-hybridized carbons (Fsp3) is 0.484. The number of aryl methyl sites for hydroxylation is 4. The van der Waals surface area contributed by atoms with Crippen LogP contribution in [0.1, 0.15) is 169 Å². The van der Waals surface area contributed by atoms with Crippen LogP contribution in [-0.4, -0.2) is 110 Å². The number of piperidine rings is 2. The molecule has 4 aromatic carbocycles. The van der Waals surface area contributed by atoms with E-state index >= 15 is 0 Å². The van der Waals surface area contributed by atoms with E-state index in [4.69, 9.17) is 23.7 Å². The van der Waals surface area contributed by atoms with E-state index < -0.39 is 53.7 Å². The molecule has 0 aliphatic carbocycles. The van der Waals surface area contributed by atoms with Crippen LogP contribution in [0.2, 0.25) is 0 Å². The number of esters is 1. The second-order valence-electron chi connectivity index (χ2n) is 20.8. The van der Waals surface area contributed by atoms with Crippen LogP contribution in [0.3, 0.4) is 0 Å². The Morgan fingerprint density at radius 3 is 2.23 bits per heavy atom. The molecule has 17 heteroatoms. The normalized spacial score (nSPS) is 16.9. The molecular weight excluding hydrogens is 1010 g/mol. The lowest BCUT2D eigenvalue weighted by molar-refractivity contribution is -0.162. The minimum absolute atomic E-state index is 0.00954. The van der Waals surface area contributed by atoms with Crippen molar-refractivity contribution in [1.29, 1.82) is 0 Å². The second kappa shape index (κ2) is 28.4. The number of hydrogen-bond acceptors (Lipinski definition) is 13. The zero-order valence-electron chi connectivity index (χ0n) is 46.6. The minimum Gasteiger partial charge on any atom is -0.493 e. The number of carbonyl (C=O) groups excluding carboxylic acids is 8. The zero-order chi connectivity index (χ0) is 56.6. The molecule has 2 N–H and O–H groups in total. The number of benzene rings is 4. The number of ether oxygens (including phenoxy) is 5. The van der Waals surface area contributed by atoms with Crippen LogP contribution < -0.4 is 29.6 Å². The molecule has 0 saturated carbocycles. The molecule has 6 amide bonds. The van der Waals surface area contributed by atoms with Gasteiger partial charge in [0.2, 0.25) is 17.7 Å². The molecule has 4 aromatic rings. The molecule has 3 aliphatic rings. The van der Waals surface area contributed by atoms with Gasteiger partial charge in [0.15, 0.2) is 23.9 Å². The van der Waals surface area contributed by atoms with Gasteiger partial charge in [-0.2, -0.15) is 0 Å². The fourth-order valence-electron chi connectivity index (χ4n) is 10.7. The Hall–Kier alpha value is -7.56. The van der Waals surface area contributed by atoms with Gasteiger partial charge >= 0.3 is 5.97 Å². The smallest absolute Gasteiger partial charge is 0.329 e. The van der Waals surface area contributed by atoms with E-state index in [1.54, 1.807) is 31.3 Å². The third-order valence-corrected chi connectivity index (χ3v) is 15.3. The zero-order valence-corrected chi connectivity index (χ0v) is 46.6. The Labute approximate surface area is 463 Å². The van der Waals surface area contributed by atoms with E-state index in [1.807, 2.05) is 44.2 Å². The highest BCUT2D eigenvalue weighted by molar-refractivity contribution is 6.24. The van der Waals surface area contributed by atoms with Gasteiger partial charge in [-0.05, 0) is 142 Å². The highest BCUT2D eigenvalue weighted by Gasteiger charge is 2.46. The number of hydrogen-bond donors (Lipinski definition) is 2. The van der Waals surface area contributed by atoms with Crippen LogP contribution in [0.4, 0.5) is 0 Å². The lowest BCUT2D eigenvalue weighted by Gasteiger charge is -2.37. The number of amides is 6. The summed E-state index contributed by atoms with van der Waals surface area (Å²) in [6, 6.07) is 20.2. The topological polar surface area (TPSA) is 213 Å². The van der Waals surface area contributed by atoms with Crippen LogP contribution in [0.15, 0.2) is 72.8 Å². The summed E-state index contributed by atoms with van der Waals surface area (Å²) in [4.78, 5) is 108. The first-order valence-electron chi connectivity index (χ1n) is 27.9. The molecule has 0 radical (unpaired) electrons. The van der Waals surface area contributed by atoms with E-state index in [0.717, 1.165) is 78.5 Å². The number of nitrogens with one attached hydrogen (secondary N) is 2. The van der Waals surface area contributed by atoms with Crippen molar-refractivity contribution >= 4 is 47.2 Å². The van der Waals surface area contributed by atoms with Crippen LogP contribution in [0, 0.1) is 20.8 Å². The number of nitrogens with zero attached hydrogens (tertiary/aromatic N) is 2. The number of imide groups is 2. The summed E-state index contributed by atoms with van der Waals surface area (Å²) in [7, 11) is 3.16. The SMILES string of the molecule is CC[C@H](C(=O)N1CCCC[C@H]1C(=O)O[C@H](CCc1ccc(C)c(C)c1)c1cccc(OCC(=O)NCCCCCCCCCC(=O)COc2cccc3c2C(=O)N(C2CCC(=O)NC2=O)C3=O)c1)c1cc(C)c(OC)c(OC)c1. The van der Waals surface area contributed by atoms with E-state index in [0.29, 0.717) is 68.9 Å². The number of likely N-dealkylation sites (tertiary alicyclic amines) is 1. The molecular formula is C62H76N4O13. The van der Waals surface area contributed by atoms with Gasteiger partial charge in [-0.1, -0.05) is 81.5 Å². The van der Waals surface area contributed by atoms with Gasteiger partial charge < -0.3 is 33.9 Å². The van der Waals surface area contributed by atoms with E-state index in [2.05, 4.69) is 42.7 Å². The van der Waals surface area contributed by atoms with E-state index in [-0.39, 0.29) is 60.5 Å². The van der Waals surface area contributed by atoms with Gasteiger partial charge in [0.05, 0.1) is 31.3 Å². The molecule has 0 spiro atoms. The van der Waals surface area contributed by atoms with Crippen molar-refractivity contribution in [1.82, 2.24) is 20.4 Å². The average Bonchev–Trinajstić information content (AvgIpc) is 3.89. The fourth-order valence-corrected chi connectivity index (χ4v) is 10.7. The minimum atomic E-state index is -1.10. The first-order chi connectivity index (χ1) is 38.1. The van der Waals surface area contributed by atoms with Crippen molar-refractivity contribution in [2.24, 2.45) is 0 Å². The first kappa shape index (κ1) is 59.1. The molecule has 17 nitrogen and oxygen atoms in total. The van der Waals surface area contributed by atoms with Crippen molar-refractivity contribution < 1.29 is 62.0 Å². The standard InChI is InChI=1S/C62H76N4O13/c1-7-47(44-34-41(4)57(76-6)53(36-44)75-5)59(71)65-32-16-14-23-50(65)62(74)79-51(29-27-42-26-25-39(2)40(3)33-42)43-19-17-21-46(35-43)77-38-55(69)63-31-15-12-10-8-9-11-13-20-45(67)37-78-52-24-18-22-48-56(52)61(73)66(60(48)72)49-28-30-54(68)64-58(49)70/h17-19,21-22,24-26,33-36,47,49-51H,7-16,20,23,27-32,37-38H2,1-6H3,(H,63,69)(H,64,68,70)/t47-,49?,50-,51+/m0/s1. The maximum atomic E-state index is 14.5. The second-order valence-corrected chi connectivity index (χ2v) is 20.8. The van der Waals surface area contributed by atoms with Crippen molar-refractivity contribution in [2.75, 3.05) is 40.5 Å². The number of rotatable bonds is 28. The molecule has 2 fully saturated rings. The summed E-state index contributed by atoms with van der Waals surface area (Å²) in [5.74, 6) is -2.22. The Kier molecular flexibility index (Phi) is 21.2. The largest absolute Gasteiger partial charge is 0.493 e. The molecule has 7 rings (SSSR count). The van der Waals surface area contributed by atoms with Crippen LogP contribution in [-0.2, 0) is 39.9 Å². The molecule has 79 heavy (non-hydrogen) atoms. The Morgan fingerprint density at radius 2 is 1.49 bits per heavy atom. The lowest BCUT2D eigenvalue weighted by atomic mass is 9.91. The summed E-state index contributed by atoms with van der Waals surface area (Å²) in [5.41, 5.74) is 5.97. The number of unbranched alkanes of at least 4 members (excludes halogenated alkanes) is 6. The summed E-state index contributed by atoms with van der Waals surface area (Å²) in [6.45, 7) is 8.53.